The van der Waals surface area contributed by atoms with Gasteiger partial charge in [-0.2, -0.15) is 5.10 Å². The van der Waals surface area contributed by atoms with Gasteiger partial charge in [-0.3, -0.25) is 4.68 Å². The van der Waals surface area contributed by atoms with E-state index in [9.17, 15) is 4.79 Å². The van der Waals surface area contributed by atoms with Gasteiger partial charge in [0.1, 0.15) is 11.4 Å². The van der Waals surface area contributed by atoms with Crippen LogP contribution >= 0.6 is 0 Å². The molecule has 2 aromatic heterocycles. The van der Waals surface area contributed by atoms with E-state index in [-0.39, 0.29) is 0 Å². The molecule has 0 radical (unpaired) electrons. The second kappa shape index (κ2) is 6.46. The molecule has 0 fully saturated rings. The number of anilines is 1. The molecule has 0 atom stereocenters. The number of nitrogens with two attached hydrogens (primary N) is 1. The van der Waals surface area contributed by atoms with Gasteiger partial charge in [0, 0.05) is 24.5 Å². The Hall–Kier alpha value is -2.57. The molecule has 118 valence electrons. The average molecular weight is 303 g/mol. The van der Waals surface area contributed by atoms with Gasteiger partial charge >= 0.3 is 6.09 Å². The fourth-order valence-corrected chi connectivity index (χ4v) is 1.85. The number of aromatic nitrogens is 3. The first-order chi connectivity index (χ1) is 10.3. The largest absolute Gasteiger partial charge is 0.444 e. The third-order valence-corrected chi connectivity index (χ3v) is 2.76. The van der Waals surface area contributed by atoms with Gasteiger partial charge in [0.05, 0.1) is 12.7 Å². The Kier molecular flexibility index (Phi) is 4.65. The number of rotatable bonds is 4. The van der Waals surface area contributed by atoms with Crippen molar-refractivity contribution in [2.45, 2.75) is 32.9 Å². The summed E-state index contributed by atoms with van der Waals surface area (Å²) in [6, 6.07) is 3.66. The molecule has 0 aromatic carbocycles. The molecule has 0 aliphatic heterocycles. The van der Waals surface area contributed by atoms with Gasteiger partial charge in [-0.1, -0.05) is 0 Å². The molecular weight excluding hydrogens is 282 g/mol. The van der Waals surface area contributed by atoms with E-state index < -0.39 is 11.7 Å². The number of nitrogens with one attached hydrogen (secondary N) is 1. The second-order valence-corrected chi connectivity index (χ2v) is 5.89. The fraction of sp³-hybridized carbons (Fsp3) is 0.400. The fourth-order valence-electron chi connectivity index (χ4n) is 1.85. The Labute approximate surface area is 129 Å². The lowest BCUT2D eigenvalue weighted by molar-refractivity contribution is 0.0525. The molecule has 0 unspecified atom stereocenters. The zero-order valence-electron chi connectivity index (χ0n) is 13.0. The van der Waals surface area contributed by atoms with Crippen LogP contribution in [-0.2, 0) is 11.3 Å². The van der Waals surface area contributed by atoms with E-state index >= 15 is 0 Å². The lowest BCUT2D eigenvalue weighted by atomic mass is 10.1. The molecule has 0 aliphatic rings. The molecule has 2 aromatic rings. The standard InChI is InChI=1S/C15H21N5O2/c1-15(2,3)22-14(21)18-6-7-20-10-12(9-19-20)11-4-5-17-13(16)8-11/h4-5,8-10H,6-7H2,1-3H3,(H2,16,17)(H,18,21). The van der Waals surface area contributed by atoms with Crippen LogP contribution in [0.1, 0.15) is 20.8 Å². The number of carbonyl (C=O) groups excluding carboxylic acids is 1. The summed E-state index contributed by atoms with van der Waals surface area (Å²) in [6.07, 6.45) is 4.88. The van der Waals surface area contributed by atoms with Crippen molar-refractivity contribution < 1.29 is 9.53 Å². The number of nitrogens with zero attached hydrogens (tertiary/aromatic N) is 3. The number of nitrogen functional groups attached to an aromatic ring is 1. The third-order valence-electron chi connectivity index (χ3n) is 2.76. The summed E-state index contributed by atoms with van der Waals surface area (Å²) >= 11 is 0. The summed E-state index contributed by atoms with van der Waals surface area (Å²) in [5.41, 5.74) is 7.08. The van der Waals surface area contributed by atoms with Crippen molar-refractivity contribution in [3.63, 3.8) is 0 Å². The Morgan fingerprint density at radius 1 is 1.41 bits per heavy atom. The van der Waals surface area contributed by atoms with Crippen LogP contribution in [0.2, 0.25) is 0 Å². The smallest absolute Gasteiger partial charge is 0.407 e. The lowest BCUT2D eigenvalue weighted by Crippen LogP contribution is -2.34. The Balaban J connectivity index is 1.87. The number of amides is 1. The van der Waals surface area contributed by atoms with Gasteiger partial charge in [0.15, 0.2) is 0 Å². The number of hydrogen-bond acceptors (Lipinski definition) is 5. The zero-order valence-corrected chi connectivity index (χ0v) is 13.0. The van der Waals surface area contributed by atoms with E-state index in [2.05, 4.69) is 15.4 Å². The van der Waals surface area contributed by atoms with Crippen LogP contribution in [0.5, 0.6) is 0 Å². The molecule has 7 nitrogen and oxygen atoms in total. The van der Waals surface area contributed by atoms with Crippen LogP contribution in [0.3, 0.4) is 0 Å². The molecule has 0 saturated carbocycles. The number of ether oxygens (including phenoxy) is 1. The lowest BCUT2D eigenvalue weighted by Gasteiger charge is -2.19. The summed E-state index contributed by atoms with van der Waals surface area (Å²) in [7, 11) is 0. The molecule has 0 aliphatic carbocycles. The van der Waals surface area contributed by atoms with Crippen molar-refractivity contribution in [3.8, 4) is 11.1 Å². The van der Waals surface area contributed by atoms with Crippen molar-refractivity contribution in [2.24, 2.45) is 0 Å². The molecule has 3 N–H and O–H groups in total. The van der Waals surface area contributed by atoms with Crippen molar-refractivity contribution in [1.29, 1.82) is 0 Å². The van der Waals surface area contributed by atoms with Gasteiger partial charge in [0.2, 0.25) is 0 Å². The molecule has 0 bridgehead atoms. The molecule has 2 heterocycles. The van der Waals surface area contributed by atoms with E-state index in [1.807, 2.05) is 33.0 Å². The van der Waals surface area contributed by atoms with Gasteiger partial charge in [-0.05, 0) is 38.5 Å². The minimum absolute atomic E-state index is 0.429. The van der Waals surface area contributed by atoms with Crippen molar-refractivity contribution in [1.82, 2.24) is 20.1 Å². The summed E-state index contributed by atoms with van der Waals surface area (Å²) in [5.74, 6) is 0.469. The Morgan fingerprint density at radius 3 is 2.86 bits per heavy atom. The summed E-state index contributed by atoms with van der Waals surface area (Å²) in [4.78, 5) is 15.5. The molecular formula is C15H21N5O2. The maximum atomic E-state index is 11.5. The molecule has 2 rings (SSSR count). The Morgan fingerprint density at radius 2 is 2.18 bits per heavy atom. The van der Waals surface area contributed by atoms with E-state index in [1.165, 1.54) is 0 Å². The maximum Gasteiger partial charge on any atom is 0.407 e. The van der Waals surface area contributed by atoms with E-state index in [1.54, 1.807) is 23.1 Å². The summed E-state index contributed by atoms with van der Waals surface area (Å²) < 4.78 is 6.92. The average Bonchev–Trinajstić information content (AvgIpc) is 2.85. The normalized spacial score (nSPS) is 11.2. The monoisotopic (exact) mass is 303 g/mol. The van der Waals surface area contributed by atoms with Crippen molar-refractivity contribution in [2.75, 3.05) is 12.3 Å². The van der Waals surface area contributed by atoms with Gasteiger partial charge in [-0.25, -0.2) is 9.78 Å². The minimum atomic E-state index is -0.496. The first kappa shape index (κ1) is 15.8. The highest BCUT2D eigenvalue weighted by molar-refractivity contribution is 5.67. The van der Waals surface area contributed by atoms with Crippen molar-refractivity contribution >= 4 is 11.9 Å². The molecule has 0 saturated heterocycles. The van der Waals surface area contributed by atoms with E-state index in [0.29, 0.717) is 18.9 Å². The van der Waals surface area contributed by atoms with Gasteiger partial charge < -0.3 is 15.8 Å². The van der Waals surface area contributed by atoms with Gasteiger partial charge in [0.25, 0.3) is 0 Å². The highest BCUT2D eigenvalue weighted by Gasteiger charge is 2.15. The van der Waals surface area contributed by atoms with Crippen LogP contribution in [0.15, 0.2) is 30.7 Å². The van der Waals surface area contributed by atoms with E-state index in [0.717, 1.165) is 11.1 Å². The number of carbonyl (C=O) groups is 1. The SMILES string of the molecule is CC(C)(C)OC(=O)NCCn1cc(-c2ccnc(N)c2)cn1. The third kappa shape index (κ3) is 4.76. The second-order valence-electron chi connectivity index (χ2n) is 5.89. The summed E-state index contributed by atoms with van der Waals surface area (Å²) in [5, 5.41) is 6.95. The number of pyridine rings is 1. The van der Waals surface area contributed by atoms with Crippen LogP contribution in [0.25, 0.3) is 11.1 Å². The zero-order chi connectivity index (χ0) is 16.2. The predicted octanol–water partition coefficient (Wildman–Crippen LogP) is 2.05. The first-order valence-corrected chi connectivity index (χ1v) is 7.05. The highest BCUT2D eigenvalue weighted by Crippen LogP contribution is 2.19. The molecule has 1 amide bonds. The van der Waals surface area contributed by atoms with Crippen LogP contribution in [0, 0.1) is 0 Å². The van der Waals surface area contributed by atoms with Crippen LogP contribution in [0.4, 0.5) is 10.6 Å². The first-order valence-electron chi connectivity index (χ1n) is 7.05. The predicted molar refractivity (Wildman–Crippen MR) is 84.1 cm³/mol. The molecule has 0 spiro atoms. The van der Waals surface area contributed by atoms with Crippen LogP contribution in [-0.4, -0.2) is 33.0 Å². The molecule has 22 heavy (non-hydrogen) atoms. The highest BCUT2D eigenvalue weighted by atomic mass is 16.6. The molecule has 7 heteroatoms. The summed E-state index contributed by atoms with van der Waals surface area (Å²) in [6.45, 7) is 6.47. The number of hydrogen-bond donors (Lipinski definition) is 2. The maximum absolute atomic E-state index is 11.5. The number of alkyl carbamates (subject to hydrolysis) is 1. The Bertz CT molecular complexity index is 645. The van der Waals surface area contributed by atoms with E-state index in [4.69, 9.17) is 10.5 Å². The minimum Gasteiger partial charge on any atom is -0.444 e. The van der Waals surface area contributed by atoms with Crippen molar-refractivity contribution in [3.05, 3.63) is 30.7 Å². The quantitative estimate of drug-likeness (QED) is 0.901. The van der Waals surface area contributed by atoms with Crippen LogP contribution < -0.4 is 11.1 Å². The van der Waals surface area contributed by atoms with Gasteiger partial charge in [-0.15, -0.1) is 0 Å². The topological polar surface area (TPSA) is 95.1 Å².